The molecule has 3 heterocycles. The van der Waals surface area contributed by atoms with Gasteiger partial charge in [-0.3, -0.25) is 14.5 Å². The first-order chi connectivity index (χ1) is 12.8. The van der Waals surface area contributed by atoms with Crippen molar-refractivity contribution in [2.75, 3.05) is 0 Å². The molecule has 26 heavy (non-hydrogen) atoms. The van der Waals surface area contributed by atoms with E-state index < -0.39 is 0 Å². The van der Waals surface area contributed by atoms with Gasteiger partial charge in [0.25, 0.3) is 5.91 Å². The Balaban J connectivity index is 1.58. The number of carbonyl (C=O) groups excluding carboxylic acids is 1. The van der Waals surface area contributed by atoms with Gasteiger partial charge in [0.15, 0.2) is 0 Å². The van der Waals surface area contributed by atoms with E-state index in [0.717, 1.165) is 37.2 Å². The summed E-state index contributed by atoms with van der Waals surface area (Å²) in [5.41, 5.74) is 3.78. The first kappa shape index (κ1) is 16.5. The number of pyridine rings is 1. The molecule has 132 valence electrons. The van der Waals surface area contributed by atoms with Gasteiger partial charge in [-0.1, -0.05) is 36.4 Å². The summed E-state index contributed by atoms with van der Waals surface area (Å²) in [6, 6.07) is 15.8. The van der Waals surface area contributed by atoms with E-state index in [-0.39, 0.29) is 11.9 Å². The van der Waals surface area contributed by atoms with Crippen molar-refractivity contribution in [1.82, 2.24) is 20.1 Å². The molecule has 1 amide bonds. The van der Waals surface area contributed by atoms with E-state index in [0.29, 0.717) is 12.0 Å². The van der Waals surface area contributed by atoms with Crippen molar-refractivity contribution in [1.29, 1.82) is 0 Å². The monoisotopic (exact) mass is 346 g/mol. The molecular weight excluding hydrogens is 324 g/mol. The second kappa shape index (κ2) is 7.52. The minimum absolute atomic E-state index is 0.0697. The van der Waals surface area contributed by atoms with E-state index >= 15 is 0 Å². The first-order valence-electron chi connectivity index (χ1n) is 9.11. The van der Waals surface area contributed by atoms with E-state index in [9.17, 15) is 4.79 Å². The van der Waals surface area contributed by atoms with E-state index in [1.54, 1.807) is 12.4 Å². The smallest absolute Gasteiger partial charge is 0.255 e. The third-order valence-corrected chi connectivity index (χ3v) is 4.86. The molecule has 0 saturated carbocycles. The lowest BCUT2D eigenvalue weighted by molar-refractivity contribution is 0.0934. The summed E-state index contributed by atoms with van der Waals surface area (Å²) >= 11 is 0. The fourth-order valence-electron chi connectivity index (χ4n) is 3.51. The average molecular weight is 346 g/mol. The lowest BCUT2D eigenvalue weighted by Crippen LogP contribution is -2.31. The van der Waals surface area contributed by atoms with Gasteiger partial charge in [-0.2, -0.15) is 5.10 Å². The van der Waals surface area contributed by atoms with Gasteiger partial charge in [-0.15, -0.1) is 0 Å². The van der Waals surface area contributed by atoms with Gasteiger partial charge in [0.2, 0.25) is 0 Å². The van der Waals surface area contributed by atoms with Gasteiger partial charge >= 0.3 is 0 Å². The Kier molecular flexibility index (Phi) is 4.78. The number of nitrogens with zero attached hydrogens (tertiary/aromatic N) is 3. The van der Waals surface area contributed by atoms with Crippen LogP contribution in [0.3, 0.4) is 0 Å². The van der Waals surface area contributed by atoms with Crippen molar-refractivity contribution in [3.63, 3.8) is 0 Å². The number of aromatic nitrogens is 3. The molecule has 2 aromatic heterocycles. The topological polar surface area (TPSA) is 59.8 Å². The molecule has 4 rings (SSSR count). The molecule has 1 unspecified atom stereocenters. The van der Waals surface area contributed by atoms with Gasteiger partial charge in [0.1, 0.15) is 0 Å². The second-order valence-corrected chi connectivity index (χ2v) is 6.66. The molecule has 1 aliphatic rings. The maximum Gasteiger partial charge on any atom is 0.255 e. The average Bonchev–Trinajstić information content (AvgIpc) is 3.13. The van der Waals surface area contributed by atoms with Crippen LogP contribution >= 0.6 is 0 Å². The van der Waals surface area contributed by atoms with E-state index in [1.807, 2.05) is 41.1 Å². The summed E-state index contributed by atoms with van der Waals surface area (Å²) in [5, 5.41) is 7.56. The molecule has 0 spiro atoms. The fraction of sp³-hybridized carbons (Fsp3) is 0.286. The van der Waals surface area contributed by atoms with E-state index in [1.165, 1.54) is 5.56 Å². The zero-order valence-electron chi connectivity index (χ0n) is 14.6. The van der Waals surface area contributed by atoms with Crippen LogP contribution in [0.5, 0.6) is 0 Å². The van der Waals surface area contributed by atoms with Crippen molar-refractivity contribution >= 4 is 5.91 Å². The summed E-state index contributed by atoms with van der Waals surface area (Å²) in [7, 11) is 0. The minimum Gasteiger partial charge on any atom is -0.343 e. The van der Waals surface area contributed by atoms with Crippen LogP contribution in [-0.2, 0) is 19.4 Å². The van der Waals surface area contributed by atoms with Crippen molar-refractivity contribution in [3.8, 4) is 0 Å². The third-order valence-electron chi connectivity index (χ3n) is 4.86. The van der Waals surface area contributed by atoms with Gasteiger partial charge in [-0.25, -0.2) is 0 Å². The SMILES string of the molecule is O=C(NC(Cc1ccccc1)c1ccccn1)c1cnn2c1CCCC2. The van der Waals surface area contributed by atoms with Crippen molar-refractivity contribution in [2.45, 2.75) is 38.3 Å². The molecule has 5 nitrogen and oxygen atoms in total. The van der Waals surface area contributed by atoms with E-state index in [2.05, 4.69) is 27.5 Å². The minimum atomic E-state index is -0.176. The molecule has 1 atom stereocenters. The van der Waals surface area contributed by atoms with Crippen LogP contribution in [0.15, 0.2) is 60.9 Å². The number of nitrogens with one attached hydrogen (secondary N) is 1. The number of benzene rings is 1. The van der Waals surface area contributed by atoms with Crippen LogP contribution in [0.4, 0.5) is 0 Å². The van der Waals surface area contributed by atoms with Gasteiger partial charge < -0.3 is 5.32 Å². The lowest BCUT2D eigenvalue weighted by Gasteiger charge is -2.19. The van der Waals surface area contributed by atoms with Crippen LogP contribution in [0.2, 0.25) is 0 Å². The van der Waals surface area contributed by atoms with Crippen molar-refractivity contribution in [3.05, 3.63) is 83.4 Å². The second-order valence-electron chi connectivity index (χ2n) is 6.66. The van der Waals surface area contributed by atoms with Gasteiger partial charge in [0.05, 0.1) is 29.2 Å². The van der Waals surface area contributed by atoms with Crippen LogP contribution in [0.1, 0.15) is 46.2 Å². The number of fused-ring (bicyclic) bond motifs is 1. The van der Waals surface area contributed by atoms with E-state index in [4.69, 9.17) is 0 Å². The number of aryl methyl sites for hydroxylation is 1. The highest BCUT2D eigenvalue weighted by Gasteiger charge is 2.23. The van der Waals surface area contributed by atoms with Crippen molar-refractivity contribution in [2.24, 2.45) is 0 Å². The summed E-state index contributed by atoms with van der Waals surface area (Å²) in [4.78, 5) is 17.4. The molecule has 0 radical (unpaired) electrons. The highest BCUT2D eigenvalue weighted by Crippen LogP contribution is 2.21. The number of rotatable bonds is 5. The largest absolute Gasteiger partial charge is 0.343 e. The molecule has 0 saturated heterocycles. The molecular formula is C21H22N4O. The molecule has 3 aromatic rings. The van der Waals surface area contributed by atoms with Crippen molar-refractivity contribution < 1.29 is 4.79 Å². The standard InChI is InChI=1S/C21H22N4O/c26-21(17-15-23-25-13-7-5-11-20(17)25)24-19(18-10-4-6-12-22-18)14-16-8-2-1-3-9-16/h1-4,6,8-10,12,15,19H,5,7,11,13-14H2,(H,24,26). The van der Waals surface area contributed by atoms with Crippen LogP contribution in [0.25, 0.3) is 0 Å². The zero-order chi connectivity index (χ0) is 17.8. The highest BCUT2D eigenvalue weighted by molar-refractivity contribution is 5.95. The molecule has 0 fully saturated rings. The number of hydrogen-bond donors (Lipinski definition) is 1. The molecule has 1 aliphatic heterocycles. The maximum atomic E-state index is 13.0. The molecule has 1 N–H and O–H groups in total. The maximum absolute atomic E-state index is 13.0. The quantitative estimate of drug-likeness (QED) is 0.771. The predicted molar refractivity (Wildman–Crippen MR) is 99.8 cm³/mol. The number of amides is 1. The summed E-state index contributed by atoms with van der Waals surface area (Å²) in [5.74, 6) is -0.0697. The third kappa shape index (κ3) is 3.52. The Labute approximate surface area is 153 Å². The zero-order valence-corrected chi connectivity index (χ0v) is 14.6. The molecule has 1 aromatic carbocycles. The predicted octanol–water partition coefficient (Wildman–Crippen LogP) is 3.33. The lowest BCUT2D eigenvalue weighted by atomic mass is 10.0. The van der Waals surface area contributed by atoms with Crippen LogP contribution in [0, 0.1) is 0 Å². The molecule has 0 aliphatic carbocycles. The Morgan fingerprint density at radius 3 is 2.77 bits per heavy atom. The molecule has 0 bridgehead atoms. The first-order valence-corrected chi connectivity index (χ1v) is 9.11. The Bertz CT molecular complexity index is 874. The van der Waals surface area contributed by atoms with Crippen LogP contribution in [-0.4, -0.2) is 20.7 Å². The molecule has 5 heteroatoms. The number of hydrogen-bond acceptors (Lipinski definition) is 3. The van der Waals surface area contributed by atoms with Gasteiger partial charge in [0, 0.05) is 12.7 Å². The van der Waals surface area contributed by atoms with Crippen LogP contribution < -0.4 is 5.32 Å². The Hall–Kier alpha value is -2.95. The summed E-state index contributed by atoms with van der Waals surface area (Å²) in [6.07, 6.45) is 7.32. The summed E-state index contributed by atoms with van der Waals surface area (Å²) < 4.78 is 1.96. The Morgan fingerprint density at radius 1 is 1.12 bits per heavy atom. The summed E-state index contributed by atoms with van der Waals surface area (Å²) in [6.45, 7) is 0.899. The Morgan fingerprint density at radius 2 is 1.96 bits per heavy atom. The highest BCUT2D eigenvalue weighted by atomic mass is 16.1. The normalized spacial score (nSPS) is 14.5. The fourth-order valence-corrected chi connectivity index (χ4v) is 3.51. The number of carbonyl (C=O) groups is 1. The van der Waals surface area contributed by atoms with Gasteiger partial charge in [-0.05, 0) is 43.4 Å².